The lowest BCUT2D eigenvalue weighted by atomic mass is 9.96. The fourth-order valence-corrected chi connectivity index (χ4v) is 4.21. The van der Waals surface area contributed by atoms with Gasteiger partial charge in [0.15, 0.2) is 0 Å². The molecule has 1 aromatic carbocycles. The van der Waals surface area contributed by atoms with Gasteiger partial charge < -0.3 is 20.4 Å². The molecule has 0 radical (unpaired) electrons. The number of nitrogens with zero attached hydrogens (tertiary/aromatic N) is 1. The number of carbonyl (C=O) groups excluding carboxylic acids is 2. The molecule has 172 valence electrons. The van der Waals surface area contributed by atoms with Crippen LogP contribution in [0.25, 0.3) is 0 Å². The van der Waals surface area contributed by atoms with Crippen LogP contribution in [0.1, 0.15) is 52.9 Å². The third-order valence-electron chi connectivity index (χ3n) is 6.08. The number of amides is 2. The standard InChI is InChI=1S/C25H33N3O4/c1-18-17-21(10-5-9-19-7-3-2-4-8-19)32-25(31)22(18)24(30)27-13-6-14-28-15-11-20(12-16-28)23(26)29/h2-4,7-8,17,20H,5-6,9-16H2,1H3,(H2,26,29)(H,27,30). The lowest BCUT2D eigenvalue weighted by molar-refractivity contribution is -0.123. The molecule has 3 rings (SSSR count). The quantitative estimate of drug-likeness (QED) is 0.553. The van der Waals surface area contributed by atoms with E-state index in [0.29, 0.717) is 24.3 Å². The average Bonchev–Trinajstić information content (AvgIpc) is 2.77. The number of nitrogens with two attached hydrogens (primary N) is 1. The first kappa shape index (κ1) is 23.7. The van der Waals surface area contributed by atoms with Gasteiger partial charge in [0, 0.05) is 18.9 Å². The van der Waals surface area contributed by atoms with Crippen molar-refractivity contribution in [2.24, 2.45) is 11.7 Å². The Morgan fingerprint density at radius 3 is 2.50 bits per heavy atom. The number of nitrogens with one attached hydrogen (secondary N) is 1. The van der Waals surface area contributed by atoms with Gasteiger partial charge in [0.05, 0.1) is 0 Å². The molecular weight excluding hydrogens is 406 g/mol. The zero-order chi connectivity index (χ0) is 22.9. The van der Waals surface area contributed by atoms with Gasteiger partial charge in [0.25, 0.3) is 5.91 Å². The third-order valence-corrected chi connectivity index (χ3v) is 6.08. The van der Waals surface area contributed by atoms with Crippen LogP contribution in [0.3, 0.4) is 0 Å². The fraction of sp³-hybridized carbons (Fsp3) is 0.480. The van der Waals surface area contributed by atoms with Crippen molar-refractivity contribution in [1.82, 2.24) is 10.2 Å². The van der Waals surface area contributed by atoms with Crippen LogP contribution in [-0.4, -0.2) is 42.9 Å². The number of rotatable bonds is 10. The second-order valence-corrected chi connectivity index (χ2v) is 8.53. The summed E-state index contributed by atoms with van der Waals surface area (Å²) >= 11 is 0. The van der Waals surface area contributed by atoms with Gasteiger partial charge in [-0.05, 0) is 75.9 Å². The van der Waals surface area contributed by atoms with Crippen molar-refractivity contribution in [1.29, 1.82) is 0 Å². The molecule has 1 aromatic heterocycles. The average molecular weight is 440 g/mol. The summed E-state index contributed by atoms with van der Waals surface area (Å²) in [5.41, 5.74) is 6.76. The first-order valence-electron chi connectivity index (χ1n) is 11.4. The maximum Gasteiger partial charge on any atom is 0.349 e. The molecule has 0 saturated carbocycles. The van der Waals surface area contributed by atoms with Crippen molar-refractivity contribution in [3.8, 4) is 0 Å². The van der Waals surface area contributed by atoms with Crippen molar-refractivity contribution < 1.29 is 14.0 Å². The van der Waals surface area contributed by atoms with Gasteiger partial charge in [-0.1, -0.05) is 30.3 Å². The van der Waals surface area contributed by atoms with E-state index in [1.165, 1.54) is 5.56 Å². The molecule has 0 aliphatic carbocycles. The summed E-state index contributed by atoms with van der Waals surface area (Å²) in [7, 11) is 0. The molecule has 7 heteroatoms. The Hall–Kier alpha value is -2.93. The maximum absolute atomic E-state index is 12.5. The number of aryl methyl sites for hydroxylation is 3. The fourth-order valence-electron chi connectivity index (χ4n) is 4.21. The summed E-state index contributed by atoms with van der Waals surface area (Å²) in [6, 6.07) is 12.0. The Morgan fingerprint density at radius 1 is 1.12 bits per heavy atom. The molecule has 32 heavy (non-hydrogen) atoms. The first-order chi connectivity index (χ1) is 15.4. The summed E-state index contributed by atoms with van der Waals surface area (Å²) in [4.78, 5) is 38.5. The SMILES string of the molecule is Cc1cc(CCCc2ccccc2)oc(=O)c1C(=O)NCCCN1CCC(C(N)=O)CC1. The van der Waals surface area contributed by atoms with Crippen molar-refractivity contribution in [3.63, 3.8) is 0 Å². The number of primary amides is 1. The Kier molecular flexibility index (Phi) is 8.62. The normalized spacial score (nSPS) is 14.9. The topological polar surface area (TPSA) is 106 Å². The monoisotopic (exact) mass is 439 g/mol. The Labute approximate surface area is 189 Å². The van der Waals surface area contributed by atoms with Crippen LogP contribution in [0.4, 0.5) is 0 Å². The summed E-state index contributed by atoms with van der Waals surface area (Å²) in [5.74, 6) is -0.0124. The number of hydrogen-bond donors (Lipinski definition) is 2. The summed E-state index contributed by atoms with van der Waals surface area (Å²) in [6.07, 6.45) is 4.79. The zero-order valence-corrected chi connectivity index (χ0v) is 18.8. The molecule has 0 bridgehead atoms. The highest BCUT2D eigenvalue weighted by molar-refractivity contribution is 5.95. The van der Waals surface area contributed by atoms with Crippen molar-refractivity contribution in [3.05, 3.63) is 69.3 Å². The molecule has 0 atom stereocenters. The maximum atomic E-state index is 12.5. The van der Waals surface area contributed by atoms with Gasteiger partial charge >= 0.3 is 5.63 Å². The molecular formula is C25H33N3O4. The second-order valence-electron chi connectivity index (χ2n) is 8.53. The van der Waals surface area contributed by atoms with Crippen LogP contribution in [0.5, 0.6) is 0 Å². The number of carbonyl (C=O) groups is 2. The number of piperidine rings is 1. The molecule has 1 saturated heterocycles. The lowest BCUT2D eigenvalue weighted by Crippen LogP contribution is -2.40. The van der Waals surface area contributed by atoms with Gasteiger partial charge in [-0.2, -0.15) is 0 Å². The van der Waals surface area contributed by atoms with E-state index in [1.54, 1.807) is 13.0 Å². The largest absolute Gasteiger partial charge is 0.427 e. The Bertz CT molecular complexity index is 963. The van der Waals surface area contributed by atoms with E-state index >= 15 is 0 Å². The van der Waals surface area contributed by atoms with Gasteiger partial charge in [-0.15, -0.1) is 0 Å². The number of benzene rings is 1. The highest BCUT2D eigenvalue weighted by Gasteiger charge is 2.22. The van der Waals surface area contributed by atoms with Crippen LogP contribution in [0.15, 0.2) is 45.6 Å². The molecule has 1 fully saturated rings. The summed E-state index contributed by atoms with van der Waals surface area (Å²) in [5, 5.41) is 2.83. The van der Waals surface area contributed by atoms with Crippen LogP contribution in [0, 0.1) is 12.8 Å². The van der Waals surface area contributed by atoms with Crippen LogP contribution >= 0.6 is 0 Å². The van der Waals surface area contributed by atoms with Gasteiger partial charge in [-0.3, -0.25) is 9.59 Å². The molecule has 0 unspecified atom stereocenters. The van der Waals surface area contributed by atoms with E-state index in [1.807, 2.05) is 18.2 Å². The van der Waals surface area contributed by atoms with E-state index in [9.17, 15) is 14.4 Å². The summed E-state index contributed by atoms with van der Waals surface area (Å²) < 4.78 is 5.42. The van der Waals surface area contributed by atoms with Crippen molar-refractivity contribution in [2.45, 2.75) is 45.4 Å². The van der Waals surface area contributed by atoms with Crippen LogP contribution < -0.4 is 16.7 Å². The summed E-state index contributed by atoms with van der Waals surface area (Å²) in [6.45, 7) is 4.77. The molecule has 0 spiro atoms. The highest BCUT2D eigenvalue weighted by Crippen LogP contribution is 2.16. The Morgan fingerprint density at radius 2 is 1.84 bits per heavy atom. The van der Waals surface area contributed by atoms with Crippen LogP contribution in [0.2, 0.25) is 0 Å². The first-order valence-corrected chi connectivity index (χ1v) is 11.4. The molecule has 1 aliphatic rings. The van der Waals surface area contributed by atoms with E-state index in [-0.39, 0.29) is 23.3 Å². The van der Waals surface area contributed by atoms with E-state index in [2.05, 4.69) is 22.3 Å². The van der Waals surface area contributed by atoms with Gasteiger partial charge in [-0.25, -0.2) is 4.79 Å². The number of hydrogen-bond acceptors (Lipinski definition) is 5. The minimum Gasteiger partial charge on any atom is -0.427 e. The highest BCUT2D eigenvalue weighted by atomic mass is 16.4. The second kappa shape index (κ2) is 11.6. The minimum absolute atomic E-state index is 0.0190. The predicted octanol–water partition coefficient (Wildman–Crippen LogP) is 2.44. The molecule has 3 N–H and O–H groups in total. The van der Waals surface area contributed by atoms with Crippen LogP contribution in [-0.2, 0) is 17.6 Å². The van der Waals surface area contributed by atoms with Gasteiger partial charge in [0.1, 0.15) is 11.3 Å². The molecule has 1 aliphatic heterocycles. The Balaban J connectivity index is 1.43. The zero-order valence-electron chi connectivity index (χ0n) is 18.8. The molecule has 7 nitrogen and oxygen atoms in total. The van der Waals surface area contributed by atoms with Gasteiger partial charge in [0.2, 0.25) is 5.91 Å². The van der Waals surface area contributed by atoms with Crippen molar-refractivity contribution in [2.75, 3.05) is 26.2 Å². The lowest BCUT2D eigenvalue weighted by Gasteiger charge is -2.30. The minimum atomic E-state index is -0.578. The molecule has 2 aromatic rings. The molecule has 2 heterocycles. The third kappa shape index (κ3) is 6.79. The van der Waals surface area contributed by atoms with E-state index in [4.69, 9.17) is 10.2 Å². The molecule has 2 amide bonds. The van der Waals surface area contributed by atoms with E-state index in [0.717, 1.165) is 51.7 Å². The number of likely N-dealkylation sites (tertiary alicyclic amines) is 1. The van der Waals surface area contributed by atoms with Crippen molar-refractivity contribution >= 4 is 11.8 Å². The smallest absolute Gasteiger partial charge is 0.349 e. The van der Waals surface area contributed by atoms with E-state index < -0.39 is 5.63 Å². The predicted molar refractivity (Wildman–Crippen MR) is 123 cm³/mol.